The molecule has 2 aromatic heterocycles. The standard InChI is InChI=1S/C46H35N3O2/c1-46(2,3)31-23-24-42(50)30(25-31)28-47-39-20-9-6-18-37(39)45-48-44-38(34-19-12-14-29-13-4-5-15-33(29)34)26-32(27-43(44)51-45)49-40-21-10-7-16-35(40)36-17-8-11-22-41(36)49/h4-28,50H,1-3H3. The highest BCUT2D eigenvalue weighted by atomic mass is 16.3. The number of aliphatic imine (C=N–C) groups is 1. The number of aromatic nitrogens is 2. The number of benzene rings is 7. The number of nitrogens with zero attached hydrogens (tertiary/aromatic N) is 3. The molecular formula is C46H35N3O2. The van der Waals surface area contributed by atoms with Crippen molar-refractivity contribution in [2.75, 3.05) is 0 Å². The summed E-state index contributed by atoms with van der Waals surface area (Å²) in [6.45, 7) is 6.46. The number of para-hydroxylation sites is 3. The number of oxazole rings is 1. The fraction of sp³-hybridized carbons (Fsp3) is 0.0870. The Morgan fingerprint density at radius 2 is 1.29 bits per heavy atom. The Morgan fingerprint density at radius 3 is 2.06 bits per heavy atom. The van der Waals surface area contributed by atoms with Crippen LogP contribution in [-0.2, 0) is 5.41 Å². The molecule has 0 aliphatic rings. The number of hydrogen-bond acceptors (Lipinski definition) is 4. The van der Waals surface area contributed by atoms with Gasteiger partial charge in [-0.05, 0) is 69.8 Å². The Balaban J connectivity index is 1.26. The Hall–Kier alpha value is -6.46. The fourth-order valence-corrected chi connectivity index (χ4v) is 7.16. The highest BCUT2D eigenvalue weighted by molar-refractivity contribution is 6.10. The summed E-state index contributed by atoms with van der Waals surface area (Å²) in [5.41, 5.74) is 9.94. The van der Waals surface area contributed by atoms with Crippen LogP contribution < -0.4 is 0 Å². The lowest BCUT2D eigenvalue weighted by molar-refractivity contribution is 0.473. The molecule has 7 aromatic carbocycles. The maximum atomic E-state index is 10.7. The first-order valence-corrected chi connectivity index (χ1v) is 17.2. The molecular weight excluding hydrogens is 627 g/mol. The van der Waals surface area contributed by atoms with Gasteiger partial charge in [-0.2, -0.15) is 0 Å². The molecule has 51 heavy (non-hydrogen) atoms. The van der Waals surface area contributed by atoms with E-state index in [0.29, 0.717) is 22.7 Å². The van der Waals surface area contributed by atoms with Crippen LogP contribution in [0.5, 0.6) is 5.75 Å². The molecule has 5 heteroatoms. The lowest BCUT2D eigenvalue weighted by Crippen LogP contribution is -2.11. The lowest BCUT2D eigenvalue weighted by atomic mass is 9.86. The molecule has 9 rings (SSSR count). The van der Waals surface area contributed by atoms with Gasteiger partial charge in [0.2, 0.25) is 5.89 Å². The zero-order valence-corrected chi connectivity index (χ0v) is 28.6. The van der Waals surface area contributed by atoms with Crippen molar-refractivity contribution in [2.45, 2.75) is 26.2 Å². The first kappa shape index (κ1) is 30.6. The molecule has 9 aromatic rings. The molecule has 0 bridgehead atoms. The van der Waals surface area contributed by atoms with Gasteiger partial charge >= 0.3 is 0 Å². The summed E-state index contributed by atoms with van der Waals surface area (Å²) in [5, 5.41) is 15.4. The molecule has 0 saturated heterocycles. The van der Waals surface area contributed by atoms with Gasteiger partial charge in [0.25, 0.3) is 0 Å². The molecule has 1 N–H and O–H groups in total. The van der Waals surface area contributed by atoms with Gasteiger partial charge in [-0.15, -0.1) is 0 Å². The minimum Gasteiger partial charge on any atom is -0.507 e. The number of fused-ring (bicyclic) bond motifs is 5. The van der Waals surface area contributed by atoms with Crippen molar-refractivity contribution in [1.29, 1.82) is 0 Å². The summed E-state index contributed by atoms with van der Waals surface area (Å²) in [6, 6.07) is 49.8. The van der Waals surface area contributed by atoms with Crippen LogP contribution >= 0.6 is 0 Å². The van der Waals surface area contributed by atoms with Crippen LogP contribution in [0.4, 0.5) is 5.69 Å². The number of phenols is 1. The van der Waals surface area contributed by atoms with Gasteiger partial charge in [0.05, 0.1) is 28.0 Å². The number of hydrogen-bond donors (Lipinski definition) is 1. The first-order valence-electron chi connectivity index (χ1n) is 17.2. The van der Waals surface area contributed by atoms with Crippen LogP contribution in [-0.4, -0.2) is 20.9 Å². The quantitative estimate of drug-likeness (QED) is 0.187. The Bertz CT molecular complexity index is 2760. The topological polar surface area (TPSA) is 63.6 Å². The van der Waals surface area contributed by atoms with Gasteiger partial charge in [0.15, 0.2) is 5.58 Å². The molecule has 0 spiro atoms. The minimum atomic E-state index is -0.0632. The van der Waals surface area contributed by atoms with Crippen LogP contribution in [0.3, 0.4) is 0 Å². The van der Waals surface area contributed by atoms with Crippen LogP contribution in [0.1, 0.15) is 31.9 Å². The van der Waals surface area contributed by atoms with Crippen molar-refractivity contribution in [3.05, 3.63) is 157 Å². The van der Waals surface area contributed by atoms with E-state index >= 15 is 0 Å². The molecule has 0 amide bonds. The van der Waals surface area contributed by atoms with Crippen molar-refractivity contribution in [1.82, 2.24) is 9.55 Å². The van der Waals surface area contributed by atoms with E-state index in [1.165, 1.54) is 10.8 Å². The van der Waals surface area contributed by atoms with Crippen LogP contribution in [0, 0.1) is 0 Å². The molecule has 5 nitrogen and oxygen atoms in total. The molecule has 0 aliphatic carbocycles. The van der Waals surface area contributed by atoms with Gasteiger partial charge in [0, 0.05) is 34.2 Å². The number of phenolic OH excluding ortho intramolecular Hbond substituents is 1. The molecule has 2 heterocycles. The van der Waals surface area contributed by atoms with E-state index in [9.17, 15) is 5.11 Å². The normalized spacial score (nSPS) is 12.2. The van der Waals surface area contributed by atoms with Crippen molar-refractivity contribution in [3.63, 3.8) is 0 Å². The van der Waals surface area contributed by atoms with Crippen molar-refractivity contribution >= 4 is 55.6 Å². The first-order chi connectivity index (χ1) is 24.8. The number of rotatable bonds is 5. The summed E-state index contributed by atoms with van der Waals surface area (Å²) in [5.74, 6) is 0.662. The van der Waals surface area contributed by atoms with E-state index in [-0.39, 0.29) is 11.2 Å². The molecule has 0 radical (unpaired) electrons. The van der Waals surface area contributed by atoms with E-state index in [2.05, 4.69) is 128 Å². The third kappa shape index (κ3) is 5.26. The SMILES string of the molecule is CC(C)(C)c1ccc(O)c(C=Nc2ccccc2-c2nc3c(-c4cccc5ccccc45)cc(-n4c5ccccc5c5ccccc54)cc3o2)c1. The van der Waals surface area contributed by atoms with Gasteiger partial charge < -0.3 is 14.1 Å². The Kier molecular flexibility index (Phi) is 7.11. The smallest absolute Gasteiger partial charge is 0.229 e. The van der Waals surface area contributed by atoms with Crippen LogP contribution in [0.2, 0.25) is 0 Å². The van der Waals surface area contributed by atoms with E-state index < -0.39 is 0 Å². The monoisotopic (exact) mass is 661 g/mol. The van der Waals surface area contributed by atoms with Crippen LogP contribution in [0.15, 0.2) is 155 Å². The van der Waals surface area contributed by atoms with Crippen molar-refractivity contribution in [3.8, 4) is 34.0 Å². The Morgan fingerprint density at radius 1 is 0.647 bits per heavy atom. The fourth-order valence-electron chi connectivity index (χ4n) is 7.16. The highest BCUT2D eigenvalue weighted by Gasteiger charge is 2.21. The molecule has 0 unspecified atom stereocenters. The van der Waals surface area contributed by atoms with Gasteiger partial charge in [-0.25, -0.2) is 4.98 Å². The summed E-state index contributed by atoms with van der Waals surface area (Å²) in [7, 11) is 0. The maximum absolute atomic E-state index is 10.7. The largest absolute Gasteiger partial charge is 0.507 e. The van der Waals surface area contributed by atoms with Gasteiger partial charge in [0.1, 0.15) is 11.3 Å². The summed E-state index contributed by atoms with van der Waals surface area (Å²) in [6.07, 6.45) is 1.72. The van der Waals surface area contributed by atoms with Gasteiger partial charge in [-0.3, -0.25) is 4.99 Å². The predicted octanol–water partition coefficient (Wildman–Crippen LogP) is 12.2. The molecule has 0 fully saturated rings. The summed E-state index contributed by atoms with van der Waals surface area (Å²) >= 11 is 0. The molecule has 0 aliphatic heterocycles. The number of aromatic hydroxyl groups is 1. The Labute approximate surface area is 295 Å². The van der Waals surface area contributed by atoms with Crippen LogP contribution in [0.25, 0.3) is 71.9 Å². The van der Waals surface area contributed by atoms with E-state index in [1.807, 2.05) is 36.4 Å². The zero-order valence-electron chi connectivity index (χ0n) is 28.6. The third-order valence-electron chi connectivity index (χ3n) is 9.77. The van der Waals surface area contributed by atoms with Crippen molar-refractivity contribution in [2.24, 2.45) is 4.99 Å². The lowest BCUT2D eigenvalue weighted by Gasteiger charge is -2.19. The second kappa shape index (κ2) is 11.9. The summed E-state index contributed by atoms with van der Waals surface area (Å²) in [4.78, 5) is 10.1. The van der Waals surface area contributed by atoms with E-state index in [4.69, 9.17) is 14.4 Å². The molecule has 0 saturated carbocycles. The average Bonchev–Trinajstić information content (AvgIpc) is 3.73. The van der Waals surface area contributed by atoms with Gasteiger partial charge in [-0.1, -0.05) is 118 Å². The highest BCUT2D eigenvalue weighted by Crippen LogP contribution is 2.41. The van der Waals surface area contributed by atoms with Crippen molar-refractivity contribution < 1.29 is 9.52 Å². The molecule has 246 valence electrons. The minimum absolute atomic E-state index is 0.0632. The zero-order chi connectivity index (χ0) is 34.7. The average molecular weight is 662 g/mol. The summed E-state index contributed by atoms with van der Waals surface area (Å²) < 4.78 is 9.04. The van der Waals surface area contributed by atoms with E-state index in [0.717, 1.165) is 55.3 Å². The predicted molar refractivity (Wildman–Crippen MR) is 211 cm³/mol. The second-order valence-electron chi connectivity index (χ2n) is 14.1. The van der Waals surface area contributed by atoms with E-state index in [1.54, 1.807) is 12.3 Å². The maximum Gasteiger partial charge on any atom is 0.229 e. The third-order valence-corrected chi connectivity index (χ3v) is 9.77. The second-order valence-corrected chi connectivity index (χ2v) is 14.1. The molecule has 0 atom stereocenters.